The molecule has 0 radical (unpaired) electrons. The van der Waals surface area contributed by atoms with Crippen LogP contribution in [0, 0.1) is 11.3 Å². The van der Waals surface area contributed by atoms with Gasteiger partial charge < -0.3 is 15.2 Å². The Bertz CT molecular complexity index is 457. The molecule has 96 valence electrons. The van der Waals surface area contributed by atoms with Gasteiger partial charge in [0.2, 0.25) is 0 Å². The molecular formula is C14H18N2O2. The van der Waals surface area contributed by atoms with Crippen LogP contribution in [0.25, 0.3) is 0 Å². The van der Waals surface area contributed by atoms with E-state index in [1.807, 2.05) is 6.07 Å². The van der Waals surface area contributed by atoms with Crippen molar-refractivity contribution in [1.29, 1.82) is 5.26 Å². The summed E-state index contributed by atoms with van der Waals surface area (Å²) in [7, 11) is 0. The van der Waals surface area contributed by atoms with E-state index in [2.05, 4.69) is 13.8 Å². The quantitative estimate of drug-likeness (QED) is 0.814. The summed E-state index contributed by atoms with van der Waals surface area (Å²) in [6.45, 7) is 4.11. The first-order valence-corrected chi connectivity index (χ1v) is 6.20. The lowest BCUT2D eigenvalue weighted by Crippen LogP contribution is -2.35. The number of benzene rings is 1. The summed E-state index contributed by atoms with van der Waals surface area (Å²) >= 11 is 0. The molecule has 1 aliphatic heterocycles. The molecule has 1 saturated heterocycles. The van der Waals surface area contributed by atoms with E-state index in [1.165, 1.54) is 0 Å². The molecule has 2 unspecified atom stereocenters. The van der Waals surface area contributed by atoms with Crippen molar-refractivity contribution in [2.45, 2.75) is 45.0 Å². The zero-order valence-electron chi connectivity index (χ0n) is 10.7. The van der Waals surface area contributed by atoms with Gasteiger partial charge >= 0.3 is 0 Å². The van der Waals surface area contributed by atoms with Crippen LogP contribution >= 0.6 is 0 Å². The van der Waals surface area contributed by atoms with Crippen molar-refractivity contribution in [3.8, 4) is 11.8 Å². The van der Waals surface area contributed by atoms with E-state index in [0.29, 0.717) is 11.3 Å². The fourth-order valence-electron chi connectivity index (χ4n) is 2.35. The predicted molar refractivity (Wildman–Crippen MR) is 69.2 cm³/mol. The van der Waals surface area contributed by atoms with Gasteiger partial charge in [-0.2, -0.15) is 5.26 Å². The van der Waals surface area contributed by atoms with Gasteiger partial charge in [0, 0.05) is 18.9 Å². The number of nitriles is 1. The molecule has 0 bridgehead atoms. The fourth-order valence-corrected chi connectivity index (χ4v) is 2.35. The lowest BCUT2D eigenvalue weighted by molar-refractivity contribution is -0.0721. The average Bonchev–Trinajstić information content (AvgIpc) is 2.27. The van der Waals surface area contributed by atoms with Crippen molar-refractivity contribution in [3.63, 3.8) is 0 Å². The molecule has 2 N–H and O–H groups in total. The second-order valence-corrected chi connectivity index (χ2v) is 4.83. The van der Waals surface area contributed by atoms with Gasteiger partial charge in [0.05, 0.1) is 23.5 Å². The van der Waals surface area contributed by atoms with E-state index in [0.717, 1.165) is 18.6 Å². The minimum atomic E-state index is 0.149. The van der Waals surface area contributed by atoms with Gasteiger partial charge in [0.25, 0.3) is 0 Å². The van der Waals surface area contributed by atoms with Crippen molar-refractivity contribution in [2.24, 2.45) is 0 Å². The minimum Gasteiger partial charge on any atom is -0.490 e. The smallest absolute Gasteiger partial charge is 0.121 e. The van der Waals surface area contributed by atoms with Crippen LogP contribution in [0.2, 0.25) is 0 Å². The molecule has 0 spiro atoms. The minimum absolute atomic E-state index is 0.149. The third kappa shape index (κ3) is 2.93. The normalized spacial score (nSPS) is 27.5. The highest BCUT2D eigenvalue weighted by atomic mass is 16.5. The number of rotatable bonds is 2. The van der Waals surface area contributed by atoms with Gasteiger partial charge in [-0.05, 0) is 26.0 Å². The van der Waals surface area contributed by atoms with Crippen molar-refractivity contribution < 1.29 is 9.47 Å². The first kappa shape index (κ1) is 12.7. The van der Waals surface area contributed by atoms with Crippen LogP contribution in [0.3, 0.4) is 0 Å². The van der Waals surface area contributed by atoms with E-state index in [1.54, 1.807) is 18.2 Å². The Balaban J connectivity index is 2.05. The standard InChI is InChI=1S/C14H18N2O2/c1-9-5-13(6-10(2)17-9)18-12-4-3-11(8-15)14(16)7-12/h3-4,7,9-10,13H,5-6,16H2,1-2H3. The van der Waals surface area contributed by atoms with Crippen LogP contribution in [0.1, 0.15) is 32.3 Å². The van der Waals surface area contributed by atoms with Gasteiger partial charge in [-0.1, -0.05) is 0 Å². The van der Waals surface area contributed by atoms with E-state index in [-0.39, 0.29) is 18.3 Å². The molecule has 0 aromatic heterocycles. The molecular weight excluding hydrogens is 228 g/mol. The molecule has 18 heavy (non-hydrogen) atoms. The molecule has 1 aromatic rings. The second-order valence-electron chi connectivity index (χ2n) is 4.83. The summed E-state index contributed by atoms with van der Waals surface area (Å²) < 4.78 is 11.6. The second kappa shape index (κ2) is 5.28. The molecule has 0 amide bonds. The maximum atomic E-state index is 8.81. The highest BCUT2D eigenvalue weighted by Gasteiger charge is 2.25. The summed E-state index contributed by atoms with van der Waals surface area (Å²) in [5, 5.41) is 8.81. The SMILES string of the molecule is CC1CC(Oc2ccc(C#N)c(N)c2)CC(C)O1. The summed E-state index contributed by atoms with van der Waals surface area (Å²) in [5.74, 6) is 0.720. The van der Waals surface area contributed by atoms with Gasteiger partial charge in [-0.3, -0.25) is 0 Å². The highest BCUT2D eigenvalue weighted by molar-refractivity contribution is 5.57. The summed E-state index contributed by atoms with van der Waals surface area (Å²) in [4.78, 5) is 0. The zero-order chi connectivity index (χ0) is 13.1. The number of nitrogens with two attached hydrogens (primary N) is 1. The fraction of sp³-hybridized carbons (Fsp3) is 0.500. The lowest BCUT2D eigenvalue weighted by atomic mass is 10.0. The molecule has 1 aliphatic rings. The van der Waals surface area contributed by atoms with E-state index >= 15 is 0 Å². The Morgan fingerprint density at radius 1 is 1.33 bits per heavy atom. The molecule has 4 heteroatoms. The summed E-state index contributed by atoms with van der Waals surface area (Å²) in [6, 6.07) is 7.23. The monoisotopic (exact) mass is 246 g/mol. The largest absolute Gasteiger partial charge is 0.490 e. The molecule has 0 aliphatic carbocycles. The first-order valence-electron chi connectivity index (χ1n) is 6.20. The maximum absolute atomic E-state index is 8.81. The third-order valence-corrected chi connectivity index (χ3v) is 3.10. The number of ether oxygens (including phenoxy) is 2. The van der Waals surface area contributed by atoms with Gasteiger partial charge in [-0.15, -0.1) is 0 Å². The molecule has 2 rings (SSSR count). The molecule has 1 heterocycles. The summed E-state index contributed by atoms with van der Waals surface area (Å²) in [5.41, 5.74) is 6.71. The Morgan fingerprint density at radius 2 is 2.00 bits per heavy atom. The topological polar surface area (TPSA) is 68.3 Å². The van der Waals surface area contributed by atoms with Crippen LogP contribution in [-0.2, 0) is 4.74 Å². The van der Waals surface area contributed by atoms with E-state index in [9.17, 15) is 0 Å². The van der Waals surface area contributed by atoms with Gasteiger partial charge in [0.15, 0.2) is 0 Å². The van der Waals surface area contributed by atoms with Crippen LogP contribution < -0.4 is 10.5 Å². The van der Waals surface area contributed by atoms with Crippen LogP contribution in [-0.4, -0.2) is 18.3 Å². The third-order valence-electron chi connectivity index (χ3n) is 3.10. The van der Waals surface area contributed by atoms with Gasteiger partial charge in [0.1, 0.15) is 17.9 Å². The van der Waals surface area contributed by atoms with Gasteiger partial charge in [-0.25, -0.2) is 0 Å². The molecule has 2 atom stereocenters. The lowest BCUT2D eigenvalue weighted by Gasteiger charge is -2.32. The number of hydrogen-bond acceptors (Lipinski definition) is 4. The van der Waals surface area contributed by atoms with Crippen molar-refractivity contribution in [3.05, 3.63) is 23.8 Å². The number of nitrogens with zero attached hydrogens (tertiary/aromatic N) is 1. The molecule has 0 saturated carbocycles. The average molecular weight is 246 g/mol. The van der Waals surface area contributed by atoms with E-state index in [4.69, 9.17) is 20.5 Å². The summed E-state index contributed by atoms with van der Waals surface area (Å²) in [6.07, 6.45) is 2.34. The van der Waals surface area contributed by atoms with E-state index < -0.39 is 0 Å². The number of anilines is 1. The number of hydrogen-bond donors (Lipinski definition) is 1. The van der Waals surface area contributed by atoms with Crippen LogP contribution in [0.5, 0.6) is 5.75 Å². The van der Waals surface area contributed by atoms with Crippen molar-refractivity contribution >= 4 is 5.69 Å². The Morgan fingerprint density at radius 3 is 2.56 bits per heavy atom. The van der Waals surface area contributed by atoms with Crippen molar-refractivity contribution in [2.75, 3.05) is 5.73 Å². The Labute approximate surface area is 107 Å². The number of nitrogen functional groups attached to an aromatic ring is 1. The first-order chi connectivity index (χ1) is 8.58. The van der Waals surface area contributed by atoms with Crippen molar-refractivity contribution in [1.82, 2.24) is 0 Å². The predicted octanol–water partition coefficient (Wildman–Crippen LogP) is 2.48. The molecule has 1 fully saturated rings. The zero-order valence-corrected chi connectivity index (χ0v) is 10.7. The Kier molecular flexibility index (Phi) is 3.73. The van der Waals surface area contributed by atoms with Crippen LogP contribution in [0.15, 0.2) is 18.2 Å². The van der Waals surface area contributed by atoms with Crippen LogP contribution in [0.4, 0.5) is 5.69 Å². The molecule has 4 nitrogen and oxygen atoms in total. The highest BCUT2D eigenvalue weighted by Crippen LogP contribution is 2.26. The maximum Gasteiger partial charge on any atom is 0.121 e. The Hall–Kier alpha value is -1.73. The molecule has 1 aromatic carbocycles.